The Hall–Kier alpha value is -2.07. The molecule has 0 aliphatic carbocycles. The van der Waals surface area contributed by atoms with Gasteiger partial charge < -0.3 is 14.6 Å². The Morgan fingerprint density at radius 3 is 2.26 bits per heavy atom. The molecule has 0 saturated carbocycles. The summed E-state index contributed by atoms with van der Waals surface area (Å²) < 4.78 is 9.34. The standard InChI is InChI=1S/C11H14O3.C4H6O/c12-8-4-5-9-14-11(13)10-6-2-1-3-7-10;1-3-5-4-2/h1-3,6-7,12H,4-5,8-9H2;3-4H,1-2H2. The fourth-order valence-electron chi connectivity index (χ4n) is 1.10. The molecule has 0 spiro atoms. The van der Waals surface area contributed by atoms with Gasteiger partial charge in [-0.3, -0.25) is 0 Å². The van der Waals surface area contributed by atoms with Crippen molar-refractivity contribution >= 4 is 5.97 Å². The van der Waals surface area contributed by atoms with E-state index in [0.717, 1.165) is 0 Å². The molecule has 0 atom stereocenters. The summed E-state index contributed by atoms with van der Waals surface area (Å²) in [6.07, 6.45) is 4.00. The van der Waals surface area contributed by atoms with E-state index in [4.69, 9.17) is 9.84 Å². The minimum Gasteiger partial charge on any atom is -0.474 e. The van der Waals surface area contributed by atoms with Gasteiger partial charge in [0.1, 0.15) is 0 Å². The molecule has 1 aromatic carbocycles. The number of ether oxygens (including phenoxy) is 2. The van der Waals surface area contributed by atoms with Crippen molar-refractivity contribution in [3.8, 4) is 0 Å². The average molecular weight is 264 g/mol. The van der Waals surface area contributed by atoms with Crippen LogP contribution in [0.3, 0.4) is 0 Å². The number of hydrogen-bond donors (Lipinski definition) is 1. The molecular formula is C15H20O4. The first-order chi connectivity index (χ1) is 9.26. The number of carbonyl (C=O) groups is 1. The second-order valence-corrected chi connectivity index (χ2v) is 3.40. The first kappa shape index (κ1) is 16.9. The van der Waals surface area contributed by atoms with Crippen molar-refractivity contribution in [1.29, 1.82) is 0 Å². The van der Waals surface area contributed by atoms with Crippen molar-refractivity contribution < 1.29 is 19.4 Å². The van der Waals surface area contributed by atoms with Gasteiger partial charge >= 0.3 is 5.97 Å². The van der Waals surface area contributed by atoms with Crippen molar-refractivity contribution in [1.82, 2.24) is 0 Å². The fraction of sp³-hybridized carbons (Fsp3) is 0.267. The van der Waals surface area contributed by atoms with Gasteiger partial charge in [0.2, 0.25) is 0 Å². The van der Waals surface area contributed by atoms with Gasteiger partial charge in [0, 0.05) is 6.61 Å². The summed E-state index contributed by atoms with van der Waals surface area (Å²) in [6.45, 7) is 7.02. The molecule has 0 heterocycles. The topological polar surface area (TPSA) is 55.8 Å². The van der Waals surface area contributed by atoms with E-state index in [9.17, 15) is 4.79 Å². The molecule has 0 unspecified atom stereocenters. The number of aliphatic hydroxyl groups excluding tert-OH is 1. The number of rotatable bonds is 7. The zero-order chi connectivity index (χ0) is 14.3. The molecule has 19 heavy (non-hydrogen) atoms. The van der Waals surface area contributed by atoms with Gasteiger partial charge in [0.15, 0.2) is 0 Å². The normalized spacial score (nSPS) is 8.68. The first-order valence-electron chi connectivity index (χ1n) is 5.96. The van der Waals surface area contributed by atoms with E-state index in [1.807, 2.05) is 6.07 Å². The minimum absolute atomic E-state index is 0.142. The van der Waals surface area contributed by atoms with E-state index < -0.39 is 0 Å². The van der Waals surface area contributed by atoms with Crippen molar-refractivity contribution in [2.24, 2.45) is 0 Å². The number of benzene rings is 1. The summed E-state index contributed by atoms with van der Waals surface area (Å²) in [4.78, 5) is 11.3. The van der Waals surface area contributed by atoms with Crippen molar-refractivity contribution in [3.63, 3.8) is 0 Å². The van der Waals surface area contributed by atoms with Crippen LogP contribution >= 0.6 is 0 Å². The van der Waals surface area contributed by atoms with Crippen LogP contribution in [0.25, 0.3) is 0 Å². The molecule has 0 radical (unpaired) electrons. The van der Waals surface area contributed by atoms with E-state index in [-0.39, 0.29) is 12.6 Å². The molecule has 0 saturated heterocycles. The van der Waals surface area contributed by atoms with Crippen LogP contribution in [0.1, 0.15) is 23.2 Å². The zero-order valence-electron chi connectivity index (χ0n) is 11.0. The first-order valence-corrected chi connectivity index (χ1v) is 5.96. The fourth-order valence-corrected chi connectivity index (χ4v) is 1.10. The average Bonchev–Trinajstić information content (AvgIpc) is 2.46. The van der Waals surface area contributed by atoms with Crippen LogP contribution in [0.5, 0.6) is 0 Å². The largest absolute Gasteiger partial charge is 0.474 e. The Bertz CT molecular complexity index is 354. The Balaban J connectivity index is 0.000000555. The van der Waals surface area contributed by atoms with Crippen LogP contribution in [0.4, 0.5) is 0 Å². The molecule has 4 heteroatoms. The van der Waals surface area contributed by atoms with Crippen LogP contribution in [-0.2, 0) is 9.47 Å². The third kappa shape index (κ3) is 9.62. The smallest absolute Gasteiger partial charge is 0.338 e. The third-order valence-electron chi connectivity index (χ3n) is 1.99. The third-order valence-corrected chi connectivity index (χ3v) is 1.99. The predicted molar refractivity (Wildman–Crippen MR) is 74.5 cm³/mol. The van der Waals surface area contributed by atoms with Crippen LogP contribution in [-0.4, -0.2) is 24.3 Å². The maximum Gasteiger partial charge on any atom is 0.338 e. The quantitative estimate of drug-likeness (QED) is 0.467. The lowest BCUT2D eigenvalue weighted by atomic mass is 10.2. The molecule has 4 nitrogen and oxygen atoms in total. The maximum absolute atomic E-state index is 11.3. The molecule has 0 bridgehead atoms. The monoisotopic (exact) mass is 264 g/mol. The summed E-state index contributed by atoms with van der Waals surface area (Å²) >= 11 is 0. The summed E-state index contributed by atoms with van der Waals surface area (Å²) in [5, 5.41) is 8.51. The van der Waals surface area contributed by atoms with Crippen LogP contribution < -0.4 is 0 Å². The van der Waals surface area contributed by atoms with E-state index in [1.165, 1.54) is 12.5 Å². The molecule has 0 fully saturated rings. The van der Waals surface area contributed by atoms with Gasteiger partial charge in [-0.15, -0.1) is 0 Å². The SMILES string of the molecule is C=COC=C.O=C(OCCCCO)c1ccccc1. The predicted octanol–water partition coefficient (Wildman–Crippen LogP) is 2.91. The minimum atomic E-state index is -0.302. The highest BCUT2D eigenvalue weighted by molar-refractivity contribution is 5.89. The Morgan fingerprint density at radius 1 is 1.16 bits per heavy atom. The Kier molecular flexibility index (Phi) is 11.0. The number of esters is 1. The molecule has 0 aliphatic rings. The number of hydrogen-bond acceptors (Lipinski definition) is 4. The number of aliphatic hydroxyl groups is 1. The van der Waals surface area contributed by atoms with Gasteiger partial charge in [-0.1, -0.05) is 31.4 Å². The molecule has 0 aromatic heterocycles. The molecule has 1 N–H and O–H groups in total. The van der Waals surface area contributed by atoms with Crippen LogP contribution in [0.15, 0.2) is 56.0 Å². The van der Waals surface area contributed by atoms with E-state index >= 15 is 0 Å². The van der Waals surface area contributed by atoms with E-state index in [1.54, 1.807) is 24.3 Å². The highest BCUT2D eigenvalue weighted by atomic mass is 16.5. The molecule has 0 amide bonds. The summed E-state index contributed by atoms with van der Waals surface area (Å²) in [7, 11) is 0. The van der Waals surface area contributed by atoms with Gasteiger partial charge in [-0.25, -0.2) is 4.79 Å². The second-order valence-electron chi connectivity index (χ2n) is 3.40. The highest BCUT2D eigenvalue weighted by Crippen LogP contribution is 2.01. The molecular weight excluding hydrogens is 244 g/mol. The maximum atomic E-state index is 11.3. The van der Waals surface area contributed by atoms with Gasteiger partial charge in [-0.2, -0.15) is 0 Å². The summed E-state index contributed by atoms with van der Waals surface area (Å²) in [5.74, 6) is -0.302. The van der Waals surface area contributed by atoms with Crippen molar-refractivity contribution in [2.45, 2.75) is 12.8 Å². The molecule has 0 aliphatic heterocycles. The van der Waals surface area contributed by atoms with E-state index in [2.05, 4.69) is 17.9 Å². The van der Waals surface area contributed by atoms with E-state index in [0.29, 0.717) is 25.0 Å². The highest BCUT2D eigenvalue weighted by Gasteiger charge is 2.04. The molecule has 104 valence electrons. The van der Waals surface area contributed by atoms with Gasteiger partial charge in [0.05, 0.1) is 24.7 Å². The Morgan fingerprint density at radius 2 is 1.79 bits per heavy atom. The zero-order valence-corrected chi connectivity index (χ0v) is 11.0. The molecule has 1 rings (SSSR count). The number of unbranched alkanes of at least 4 members (excludes halogenated alkanes) is 1. The van der Waals surface area contributed by atoms with Gasteiger partial charge in [-0.05, 0) is 25.0 Å². The van der Waals surface area contributed by atoms with Crippen LogP contribution in [0, 0.1) is 0 Å². The summed E-state index contributed by atoms with van der Waals surface area (Å²) in [6, 6.07) is 8.87. The molecule has 1 aromatic rings. The second kappa shape index (κ2) is 12.4. The number of carbonyl (C=O) groups excluding carboxylic acids is 1. The lowest BCUT2D eigenvalue weighted by Gasteiger charge is -2.03. The van der Waals surface area contributed by atoms with Gasteiger partial charge in [0.25, 0.3) is 0 Å². The van der Waals surface area contributed by atoms with Crippen molar-refractivity contribution in [3.05, 3.63) is 61.6 Å². The van der Waals surface area contributed by atoms with Crippen LogP contribution in [0.2, 0.25) is 0 Å². The lowest BCUT2D eigenvalue weighted by Crippen LogP contribution is -2.06. The van der Waals surface area contributed by atoms with Crippen molar-refractivity contribution in [2.75, 3.05) is 13.2 Å². The lowest BCUT2D eigenvalue weighted by molar-refractivity contribution is 0.0492. The Labute approximate surface area is 114 Å². The summed E-state index contributed by atoms with van der Waals surface area (Å²) in [5.41, 5.74) is 0.566.